The van der Waals surface area contributed by atoms with Gasteiger partial charge in [-0.25, -0.2) is 9.38 Å². The number of carbonyl (C=O) groups is 1. The molecule has 1 amide bonds. The van der Waals surface area contributed by atoms with Gasteiger partial charge in [0.05, 0.1) is 25.9 Å². The Balaban J connectivity index is 0.00000480. The number of hydrogen-bond donors (Lipinski definition) is 3. The minimum absolute atomic E-state index is 0. The Bertz CT molecular complexity index is 880. The molecule has 3 N–H and O–H groups in total. The number of nitrogens with zero attached hydrogens (tertiary/aromatic N) is 1. The third kappa shape index (κ3) is 8.99. The summed E-state index contributed by atoms with van der Waals surface area (Å²) in [4.78, 5) is 16.0. The van der Waals surface area contributed by atoms with Crippen molar-refractivity contribution in [3.05, 3.63) is 53.8 Å². The summed E-state index contributed by atoms with van der Waals surface area (Å²) in [6.07, 6.45) is -0.266. The molecule has 2 aromatic rings. The zero-order valence-corrected chi connectivity index (χ0v) is 20.5. The second-order valence-corrected chi connectivity index (χ2v) is 6.65. The number of rotatable bonds is 9. The molecule has 0 radical (unpaired) electrons. The van der Waals surface area contributed by atoms with E-state index in [2.05, 4.69) is 20.9 Å². The number of aliphatic imine (C=N–C) groups is 1. The maximum atomic E-state index is 13.7. The Morgan fingerprint density at radius 2 is 1.90 bits per heavy atom. The lowest BCUT2D eigenvalue weighted by molar-refractivity contribution is -0.114. The van der Waals surface area contributed by atoms with Crippen LogP contribution in [0.3, 0.4) is 0 Å². The van der Waals surface area contributed by atoms with Crippen molar-refractivity contribution in [2.45, 2.75) is 33.4 Å². The monoisotopic (exact) mass is 544 g/mol. The minimum Gasteiger partial charge on any atom is -0.495 e. The topological polar surface area (TPSA) is 84.0 Å². The molecule has 2 aromatic carbocycles. The maximum absolute atomic E-state index is 13.7. The van der Waals surface area contributed by atoms with E-state index < -0.39 is 0 Å². The van der Waals surface area contributed by atoms with E-state index in [0.29, 0.717) is 37.0 Å². The summed E-state index contributed by atoms with van der Waals surface area (Å²) in [6.45, 7) is 6.80. The Morgan fingerprint density at radius 1 is 1.16 bits per heavy atom. The van der Waals surface area contributed by atoms with E-state index in [1.807, 2.05) is 26.0 Å². The molecule has 7 nitrogen and oxygen atoms in total. The molecule has 9 heteroatoms. The average Bonchev–Trinajstić information content (AvgIpc) is 2.71. The number of ether oxygens (including phenoxy) is 2. The molecule has 170 valence electrons. The van der Waals surface area contributed by atoms with E-state index in [1.165, 1.54) is 13.0 Å². The van der Waals surface area contributed by atoms with Gasteiger partial charge in [0, 0.05) is 13.5 Å². The van der Waals surface area contributed by atoms with Crippen molar-refractivity contribution in [1.29, 1.82) is 0 Å². The fourth-order valence-electron chi connectivity index (χ4n) is 2.69. The number of para-hydroxylation sites is 1. The molecule has 1 atom stereocenters. The lowest BCUT2D eigenvalue weighted by Gasteiger charge is -2.18. The van der Waals surface area contributed by atoms with Crippen LogP contribution in [0, 0.1) is 5.82 Å². The number of anilines is 1. The van der Waals surface area contributed by atoms with Gasteiger partial charge in [0.1, 0.15) is 11.9 Å². The number of carbonyl (C=O) groups excluding carboxylic acids is 1. The molecule has 31 heavy (non-hydrogen) atoms. The highest BCUT2D eigenvalue weighted by atomic mass is 127. The summed E-state index contributed by atoms with van der Waals surface area (Å²) < 4.78 is 24.6. The summed E-state index contributed by atoms with van der Waals surface area (Å²) in [5.74, 6) is 0.852. The second kappa shape index (κ2) is 13.7. The Hall–Kier alpha value is -2.56. The number of methoxy groups -OCH3 is 1. The van der Waals surface area contributed by atoms with Gasteiger partial charge in [-0.3, -0.25) is 4.79 Å². The first kappa shape index (κ1) is 26.5. The SMILES string of the molecule is CCNC(=NCc1ccc(OC)c(NC(C)=O)c1)NCC(C)Oc1ccccc1F.I. The van der Waals surface area contributed by atoms with Crippen LogP contribution >= 0.6 is 24.0 Å². The van der Waals surface area contributed by atoms with Gasteiger partial charge >= 0.3 is 0 Å². The van der Waals surface area contributed by atoms with Crippen LogP contribution in [0.25, 0.3) is 0 Å². The molecule has 0 fully saturated rings. The highest BCUT2D eigenvalue weighted by Gasteiger charge is 2.10. The molecular formula is C22H30FIN4O3. The Kier molecular flexibility index (Phi) is 11.7. The van der Waals surface area contributed by atoms with Crippen molar-refractivity contribution in [3.63, 3.8) is 0 Å². The van der Waals surface area contributed by atoms with E-state index in [1.54, 1.807) is 31.4 Å². The van der Waals surface area contributed by atoms with E-state index in [-0.39, 0.29) is 47.6 Å². The third-order valence-corrected chi connectivity index (χ3v) is 4.06. The largest absolute Gasteiger partial charge is 0.495 e. The van der Waals surface area contributed by atoms with Gasteiger partial charge in [0.25, 0.3) is 0 Å². The number of guanidine groups is 1. The van der Waals surface area contributed by atoms with Crippen molar-refractivity contribution in [3.8, 4) is 11.5 Å². The first-order valence-electron chi connectivity index (χ1n) is 9.80. The summed E-state index contributed by atoms with van der Waals surface area (Å²) in [5, 5.41) is 9.12. The van der Waals surface area contributed by atoms with Crippen LogP contribution in [0.5, 0.6) is 11.5 Å². The smallest absolute Gasteiger partial charge is 0.221 e. The van der Waals surface area contributed by atoms with Crippen LogP contribution in [0.1, 0.15) is 26.3 Å². The summed E-state index contributed by atoms with van der Waals surface area (Å²) in [7, 11) is 1.55. The van der Waals surface area contributed by atoms with Crippen molar-refractivity contribution >= 4 is 41.5 Å². The van der Waals surface area contributed by atoms with Gasteiger partial charge in [0.15, 0.2) is 17.5 Å². The fraction of sp³-hybridized carbons (Fsp3) is 0.364. The summed E-state index contributed by atoms with van der Waals surface area (Å²) in [5.41, 5.74) is 1.51. The molecule has 0 aliphatic heterocycles. The van der Waals surface area contributed by atoms with Crippen molar-refractivity contribution in [2.24, 2.45) is 4.99 Å². The molecule has 0 bridgehead atoms. The molecule has 0 aliphatic rings. The number of hydrogen-bond acceptors (Lipinski definition) is 4. The van der Waals surface area contributed by atoms with Gasteiger partial charge in [0.2, 0.25) is 5.91 Å². The van der Waals surface area contributed by atoms with Crippen LogP contribution in [0.2, 0.25) is 0 Å². The maximum Gasteiger partial charge on any atom is 0.221 e. The first-order valence-corrected chi connectivity index (χ1v) is 9.80. The summed E-state index contributed by atoms with van der Waals surface area (Å²) in [6, 6.07) is 11.8. The van der Waals surface area contributed by atoms with Gasteiger partial charge in [-0.1, -0.05) is 18.2 Å². The molecule has 2 rings (SSSR count). The van der Waals surface area contributed by atoms with Crippen LogP contribution in [0.4, 0.5) is 10.1 Å². The Labute approximate surface area is 199 Å². The normalized spacial score (nSPS) is 11.7. The van der Waals surface area contributed by atoms with Crippen LogP contribution in [0.15, 0.2) is 47.5 Å². The predicted molar refractivity (Wildman–Crippen MR) is 132 cm³/mol. The zero-order valence-electron chi connectivity index (χ0n) is 18.2. The number of nitrogens with one attached hydrogen (secondary N) is 3. The molecule has 0 aliphatic carbocycles. The predicted octanol–water partition coefficient (Wildman–Crippen LogP) is 3.93. The number of halogens is 2. The molecular weight excluding hydrogens is 514 g/mol. The standard InChI is InChI=1S/C22H29FN4O3.HI/c1-5-24-22(25-13-15(2)30-20-9-7-6-8-18(20)23)26-14-17-10-11-21(29-4)19(12-17)27-16(3)28;/h6-12,15H,5,13-14H2,1-4H3,(H,27,28)(H2,24,25,26);1H. The van der Waals surface area contributed by atoms with Crippen LogP contribution < -0.4 is 25.4 Å². The van der Waals surface area contributed by atoms with Gasteiger partial charge < -0.3 is 25.4 Å². The first-order chi connectivity index (χ1) is 14.4. The van der Waals surface area contributed by atoms with E-state index in [9.17, 15) is 9.18 Å². The lowest BCUT2D eigenvalue weighted by atomic mass is 10.2. The molecule has 0 heterocycles. The van der Waals surface area contributed by atoms with Crippen molar-refractivity contribution < 1.29 is 18.7 Å². The fourth-order valence-corrected chi connectivity index (χ4v) is 2.69. The molecule has 0 aromatic heterocycles. The number of amides is 1. The lowest BCUT2D eigenvalue weighted by Crippen LogP contribution is -2.41. The van der Waals surface area contributed by atoms with Crippen LogP contribution in [-0.4, -0.2) is 38.2 Å². The molecule has 0 saturated heterocycles. The van der Waals surface area contributed by atoms with E-state index in [0.717, 1.165) is 5.56 Å². The highest BCUT2D eigenvalue weighted by Crippen LogP contribution is 2.25. The average molecular weight is 544 g/mol. The van der Waals surface area contributed by atoms with E-state index in [4.69, 9.17) is 9.47 Å². The van der Waals surface area contributed by atoms with Gasteiger partial charge in [-0.2, -0.15) is 0 Å². The molecule has 0 saturated carbocycles. The van der Waals surface area contributed by atoms with Crippen molar-refractivity contribution in [1.82, 2.24) is 10.6 Å². The van der Waals surface area contributed by atoms with Crippen LogP contribution in [-0.2, 0) is 11.3 Å². The quantitative estimate of drug-likeness (QED) is 0.253. The second-order valence-electron chi connectivity index (χ2n) is 6.65. The van der Waals surface area contributed by atoms with Crippen molar-refractivity contribution in [2.75, 3.05) is 25.5 Å². The van der Waals surface area contributed by atoms with Gasteiger partial charge in [-0.15, -0.1) is 24.0 Å². The van der Waals surface area contributed by atoms with Gasteiger partial charge in [-0.05, 0) is 43.7 Å². The zero-order chi connectivity index (χ0) is 21.9. The van der Waals surface area contributed by atoms with E-state index >= 15 is 0 Å². The third-order valence-electron chi connectivity index (χ3n) is 4.06. The minimum atomic E-state index is -0.389. The summed E-state index contributed by atoms with van der Waals surface area (Å²) >= 11 is 0. The molecule has 0 spiro atoms. The molecule has 1 unspecified atom stereocenters. The highest BCUT2D eigenvalue weighted by molar-refractivity contribution is 14.0. The number of benzene rings is 2. The Morgan fingerprint density at radius 3 is 2.55 bits per heavy atom.